The van der Waals surface area contributed by atoms with Gasteiger partial charge in [0, 0.05) is 25.8 Å². The lowest BCUT2D eigenvalue weighted by atomic mass is 10.1. The molecule has 19 heavy (non-hydrogen) atoms. The normalized spacial score (nSPS) is 12.4. The van der Waals surface area contributed by atoms with Crippen LogP contribution in [-0.4, -0.2) is 25.1 Å². The van der Waals surface area contributed by atoms with E-state index in [1.54, 1.807) is 0 Å². The van der Waals surface area contributed by atoms with Gasteiger partial charge < -0.3 is 10.2 Å². The Labute approximate surface area is 118 Å². The van der Waals surface area contributed by atoms with Crippen LogP contribution >= 0.6 is 0 Å². The first-order chi connectivity index (χ1) is 9.19. The van der Waals surface area contributed by atoms with Crippen molar-refractivity contribution >= 4 is 5.82 Å². The van der Waals surface area contributed by atoms with Crippen LogP contribution < -0.4 is 10.2 Å². The quantitative estimate of drug-likeness (QED) is 0.687. The zero-order valence-corrected chi connectivity index (χ0v) is 12.9. The van der Waals surface area contributed by atoms with Crippen molar-refractivity contribution in [2.24, 2.45) is 0 Å². The molecule has 0 bridgehead atoms. The molecule has 0 fully saturated rings. The minimum atomic E-state index is 0.381. The molecule has 0 spiro atoms. The Morgan fingerprint density at radius 3 is 2.58 bits per heavy atom. The smallest absolute Gasteiger partial charge is 0.128 e. The lowest BCUT2D eigenvalue weighted by Crippen LogP contribution is -2.21. The van der Waals surface area contributed by atoms with Crippen LogP contribution in [0.1, 0.15) is 58.1 Å². The summed E-state index contributed by atoms with van der Waals surface area (Å²) in [6, 6.07) is 4.70. The Morgan fingerprint density at radius 1 is 1.21 bits per heavy atom. The van der Waals surface area contributed by atoms with Crippen LogP contribution in [0, 0.1) is 0 Å². The number of aromatic nitrogens is 1. The number of hydrogen-bond acceptors (Lipinski definition) is 3. The summed E-state index contributed by atoms with van der Waals surface area (Å²) in [7, 11) is 2.12. The lowest BCUT2D eigenvalue weighted by Gasteiger charge is -2.19. The van der Waals surface area contributed by atoms with Crippen LogP contribution in [-0.2, 0) is 0 Å². The van der Waals surface area contributed by atoms with E-state index in [0.29, 0.717) is 6.04 Å². The first kappa shape index (κ1) is 16.0. The molecule has 1 heterocycles. The van der Waals surface area contributed by atoms with Gasteiger partial charge in [0.25, 0.3) is 0 Å². The number of pyridine rings is 1. The number of nitrogens with one attached hydrogen (secondary N) is 1. The van der Waals surface area contributed by atoms with Gasteiger partial charge in [0.2, 0.25) is 0 Å². The number of hydrogen-bond donors (Lipinski definition) is 1. The average molecular weight is 263 g/mol. The van der Waals surface area contributed by atoms with E-state index in [1.165, 1.54) is 24.8 Å². The standard InChI is InChI=1S/C16H29N3/c1-5-7-8-12-19(4)16-10-9-15(13-18-16)14(3)17-11-6-2/h9-10,13-14,17H,5-8,11-12H2,1-4H3. The molecule has 1 rings (SSSR count). The Kier molecular flexibility index (Phi) is 7.49. The first-order valence-electron chi connectivity index (χ1n) is 7.59. The zero-order chi connectivity index (χ0) is 14.1. The summed E-state index contributed by atoms with van der Waals surface area (Å²) < 4.78 is 0. The maximum absolute atomic E-state index is 4.57. The second-order valence-corrected chi connectivity index (χ2v) is 5.25. The largest absolute Gasteiger partial charge is 0.360 e. The third-order valence-electron chi connectivity index (χ3n) is 3.46. The van der Waals surface area contributed by atoms with Crippen molar-refractivity contribution in [1.82, 2.24) is 10.3 Å². The van der Waals surface area contributed by atoms with Crippen LogP contribution in [0.15, 0.2) is 18.3 Å². The van der Waals surface area contributed by atoms with E-state index in [-0.39, 0.29) is 0 Å². The van der Waals surface area contributed by atoms with Gasteiger partial charge in [-0.25, -0.2) is 4.98 Å². The van der Waals surface area contributed by atoms with Crippen molar-refractivity contribution in [3.05, 3.63) is 23.9 Å². The summed E-state index contributed by atoms with van der Waals surface area (Å²) in [5.41, 5.74) is 1.26. The molecule has 0 radical (unpaired) electrons. The highest BCUT2D eigenvalue weighted by atomic mass is 15.2. The molecule has 0 saturated carbocycles. The summed E-state index contributed by atoms with van der Waals surface area (Å²) in [5, 5.41) is 3.49. The molecule has 1 N–H and O–H groups in total. The van der Waals surface area contributed by atoms with Gasteiger partial charge >= 0.3 is 0 Å². The number of unbranched alkanes of at least 4 members (excludes halogenated alkanes) is 2. The van der Waals surface area contributed by atoms with E-state index in [2.05, 4.69) is 55.2 Å². The molecule has 0 aliphatic rings. The van der Waals surface area contributed by atoms with Crippen LogP contribution in [0.3, 0.4) is 0 Å². The second kappa shape index (κ2) is 8.92. The summed E-state index contributed by atoms with van der Waals surface area (Å²) in [4.78, 5) is 6.81. The van der Waals surface area contributed by atoms with Crippen LogP contribution in [0.2, 0.25) is 0 Å². The molecule has 1 aromatic heterocycles. The minimum Gasteiger partial charge on any atom is -0.360 e. The molecule has 0 aliphatic carbocycles. The van der Waals surface area contributed by atoms with Crippen LogP contribution in [0.4, 0.5) is 5.82 Å². The van der Waals surface area contributed by atoms with Gasteiger partial charge in [-0.2, -0.15) is 0 Å². The SMILES string of the molecule is CCCCCN(C)c1ccc(C(C)NCCC)cn1. The molecule has 1 atom stereocenters. The average Bonchev–Trinajstić information content (AvgIpc) is 2.45. The van der Waals surface area contributed by atoms with E-state index < -0.39 is 0 Å². The van der Waals surface area contributed by atoms with E-state index in [4.69, 9.17) is 0 Å². The van der Waals surface area contributed by atoms with E-state index in [1.807, 2.05) is 6.20 Å². The predicted octanol–water partition coefficient (Wildman–Crippen LogP) is 3.77. The highest BCUT2D eigenvalue weighted by molar-refractivity contribution is 5.38. The molecule has 0 aliphatic heterocycles. The minimum absolute atomic E-state index is 0.381. The topological polar surface area (TPSA) is 28.2 Å². The molecule has 3 nitrogen and oxygen atoms in total. The molecular weight excluding hydrogens is 234 g/mol. The van der Waals surface area contributed by atoms with Crippen LogP contribution in [0.5, 0.6) is 0 Å². The summed E-state index contributed by atoms with van der Waals surface area (Å²) in [6.07, 6.45) is 6.96. The molecule has 0 aromatic carbocycles. The van der Waals surface area contributed by atoms with Gasteiger partial charge in [0.1, 0.15) is 5.82 Å². The van der Waals surface area contributed by atoms with Gasteiger partial charge in [0.05, 0.1) is 0 Å². The molecular formula is C16H29N3. The van der Waals surface area contributed by atoms with Crippen LogP contribution in [0.25, 0.3) is 0 Å². The predicted molar refractivity (Wildman–Crippen MR) is 83.7 cm³/mol. The second-order valence-electron chi connectivity index (χ2n) is 5.25. The van der Waals surface area contributed by atoms with Gasteiger partial charge in [-0.05, 0) is 37.9 Å². The Bertz CT molecular complexity index is 334. The fourth-order valence-corrected chi connectivity index (χ4v) is 2.07. The Balaban J connectivity index is 2.50. The lowest BCUT2D eigenvalue weighted by molar-refractivity contribution is 0.569. The highest BCUT2D eigenvalue weighted by Gasteiger charge is 2.06. The van der Waals surface area contributed by atoms with E-state index in [0.717, 1.165) is 25.3 Å². The van der Waals surface area contributed by atoms with Crippen molar-refractivity contribution < 1.29 is 0 Å². The highest BCUT2D eigenvalue weighted by Crippen LogP contribution is 2.15. The molecule has 108 valence electrons. The van der Waals surface area contributed by atoms with Crippen molar-refractivity contribution in [3.63, 3.8) is 0 Å². The van der Waals surface area contributed by atoms with E-state index >= 15 is 0 Å². The van der Waals surface area contributed by atoms with Gasteiger partial charge in [-0.1, -0.05) is 32.8 Å². The molecule has 1 aromatic rings. The Morgan fingerprint density at radius 2 is 2.00 bits per heavy atom. The monoisotopic (exact) mass is 263 g/mol. The van der Waals surface area contributed by atoms with Crippen molar-refractivity contribution in [1.29, 1.82) is 0 Å². The molecule has 1 unspecified atom stereocenters. The van der Waals surface area contributed by atoms with E-state index in [9.17, 15) is 0 Å². The van der Waals surface area contributed by atoms with Crippen molar-refractivity contribution in [2.45, 2.75) is 52.5 Å². The number of anilines is 1. The molecule has 3 heteroatoms. The number of nitrogens with zero attached hydrogens (tertiary/aromatic N) is 2. The van der Waals surface area contributed by atoms with Gasteiger partial charge in [0.15, 0.2) is 0 Å². The third-order valence-corrected chi connectivity index (χ3v) is 3.46. The summed E-state index contributed by atoms with van der Waals surface area (Å²) >= 11 is 0. The Hall–Kier alpha value is -1.09. The third kappa shape index (κ3) is 5.60. The van der Waals surface area contributed by atoms with Crippen molar-refractivity contribution in [2.75, 3.05) is 25.0 Å². The zero-order valence-electron chi connectivity index (χ0n) is 12.9. The van der Waals surface area contributed by atoms with Gasteiger partial charge in [-0.3, -0.25) is 0 Å². The van der Waals surface area contributed by atoms with Crippen molar-refractivity contribution in [3.8, 4) is 0 Å². The summed E-state index contributed by atoms with van der Waals surface area (Å²) in [5.74, 6) is 1.07. The fraction of sp³-hybridized carbons (Fsp3) is 0.688. The number of rotatable bonds is 9. The van der Waals surface area contributed by atoms with Gasteiger partial charge in [-0.15, -0.1) is 0 Å². The fourth-order valence-electron chi connectivity index (χ4n) is 2.07. The maximum Gasteiger partial charge on any atom is 0.128 e. The summed E-state index contributed by atoms with van der Waals surface area (Å²) in [6.45, 7) is 8.75. The molecule has 0 amide bonds. The molecule has 0 saturated heterocycles. The first-order valence-corrected chi connectivity index (χ1v) is 7.59. The maximum atomic E-state index is 4.57.